The van der Waals surface area contributed by atoms with Crippen LogP contribution in [0.25, 0.3) is 0 Å². The van der Waals surface area contributed by atoms with Crippen molar-refractivity contribution in [3.63, 3.8) is 0 Å². The molecule has 0 radical (unpaired) electrons. The van der Waals surface area contributed by atoms with Gasteiger partial charge in [0, 0.05) is 46.2 Å². The minimum absolute atomic E-state index is 0.0806. The Morgan fingerprint density at radius 2 is 1.80 bits per heavy atom. The third kappa shape index (κ3) is 3.21. The predicted octanol–water partition coefficient (Wildman–Crippen LogP) is 0.293. The van der Waals surface area contributed by atoms with Crippen molar-refractivity contribution < 1.29 is 13.2 Å². The summed E-state index contributed by atoms with van der Waals surface area (Å²) in [4.78, 5) is 14.2. The average Bonchev–Trinajstić information content (AvgIpc) is 2.47. The van der Waals surface area contributed by atoms with Gasteiger partial charge in [-0.15, -0.1) is 0 Å². The third-order valence-corrected chi connectivity index (χ3v) is 5.90. The number of carbonyl (C=O) groups is 1. The summed E-state index contributed by atoms with van der Waals surface area (Å²) in [6.07, 6.45) is 6.87. The minimum Gasteiger partial charge on any atom is -0.340 e. The second-order valence-electron chi connectivity index (χ2n) is 5.50. The highest BCUT2D eigenvalue weighted by Crippen LogP contribution is 2.21. The summed E-state index contributed by atoms with van der Waals surface area (Å²) in [5.74, 6) is 0.258. The fourth-order valence-corrected chi connectivity index (χ4v) is 3.73. The highest BCUT2D eigenvalue weighted by atomic mass is 32.2. The standard InChI is InChI=1S/C13H23N3O3S/c1-14(2)20(18,19)16-10-8-15(9-11-16)13(17)12-6-4-3-5-7-12/h3-4,12H,5-11H2,1-2H3. The van der Waals surface area contributed by atoms with Crippen molar-refractivity contribution in [2.24, 2.45) is 5.92 Å². The lowest BCUT2D eigenvalue weighted by Gasteiger charge is -2.36. The van der Waals surface area contributed by atoms with E-state index in [2.05, 4.69) is 12.2 Å². The fraction of sp³-hybridized carbons (Fsp3) is 0.769. The molecule has 1 aliphatic carbocycles. The van der Waals surface area contributed by atoms with Gasteiger partial charge in [-0.2, -0.15) is 17.0 Å². The van der Waals surface area contributed by atoms with Crippen molar-refractivity contribution in [3.8, 4) is 0 Å². The van der Waals surface area contributed by atoms with Crippen molar-refractivity contribution in [1.29, 1.82) is 0 Å². The molecule has 1 aliphatic heterocycles. The minimum atomic E-state index is -3.36. The molecule has 114 valence electrons. The third-order valence-electron chi connectivity index (χ3n) is 3.96. The van der Waals surface area contributed by atoms with Crippen molar-refractivity contribution in [3.05, 3.63) is 12.2 Å². The Kier molecular flexibility index (Phi) is 4.82. The van der Waals surface area contributed by atoms with E-state index in [1.807, 2.05) is 4.90 Å². The van der Waals surface area contributed by atoms with Crippen molar-refractivity contribution >= 4 is 16.1 Å². The highest BCUT2D eigenvalue weighted by molar-refractivity contribution is 7.86. The molecule has 0 N–H and O–H groups in total. The maximum Gasteiger partial charge on any atom is 0.281 e. The number of piperazine rings is 1. The fourth-order valence-electron chi connectivity index (χ4n) is 2.65. The van der Waals surface area contributed by atoms with Gasteiger partial charge in [0.25, 0.3) is 10.2 Å². The Balaban J connectivity index is 1.91. The molecule has 1 unspecified atom stereocenters. The van der Waals surface area contributed by atoms with Crippen LogP contribution in [0.3, 0.4) is 0 Å². The monoisotopic (exact) mass is 301 g/mol. The van der Waals surface area contributed by atoms with Crippen LogP contribution in [0.15, 0.2) is 12.2 Å². The highest BCUT2D eigenvalue weighted by Gasteiger charge is 2.32. The molecule has 0 aromatic heterocycles. The van der Waals surface area contributed by atoms with Gasteiger partial charge in [0.1, 0.15) is 0 Å². The van der Waals surface area contributed by atoms with Crippen molar-refractivity contribution in [2.75, 3.05) is 40.3 Å². The molecule has 2 rings (SSSR count). The van der Waals surface area contributed by atoms with Gasteiger partial charge in [-0.05, 0) is 19.3 Å². The molecule has 0 aromatic rings. The van der Waals surface area contributed by atoms with E-state index in [4.69, 9.17) is 0 Å². The smallest absolute Gasteiger partial charge is 0.281 e. The molecule has 7 heteroatoms. The zero-order valence-electron chi connectivity index (χ0n) is 12.2. The van der Waals surface area contributed by atoms with Crippen LogP contribution in [-0.4, -0.2) is 68.1 Å². The zero-order chi connectivity index (χ0) is 14.8. The van der Waals surface area contributed by atoms with Gasteiger partial charge in [0.05, 0.1) is 0 Å². The SMILES string of the molecule is CN(C)S(=O)(=O)N1CCN(C(=O)C2CC=CCC2)CC1. The van der Waals surface area contributed by atoms with Gasteiger partial charge in [-0.25, -0.2) is 0 Å². The first-order valence-electron chi connectivity index (χ1n) is 7.04. The summed E-state index contributed by atoms with van der Waals surface area (Å²) in [6, 6.07) is 0. The van der Waals surface area contributed by atoms with Crippen LogP contribution in [0.1, 0.15) is 19.3 Å². The quantitative estimate of drug-likeness (QED) is 0.704. The number of carbonyl (C=O) groups excluding carboxylic acids is 1. The Bertz CT molecular complexity index is 479. The molecular weight excluding hydrogens is 278 g/mol. The molecule has 0 saturated carbocycles. The van der Waals surface area contributed by atoms with Crippen LogP contribution in [0, 0.1) is 5.92 Å². The molecule has 6 nitrogen and oxygen atoms in total. The first-order chi connectivity index (χ1) is 9.43. The number of rotatable bonds is 3. The van der Waals surface area contributed by atoms with Crippen LogP contribution in [0.4, 0.5) is 0 Å². The molecular formula is C13H23N3O3S. The van der Waals surface area contributed by atoms with E-state index in [1.165, 1.54) is 22.7 Å². The molecule has 0 bridgehead atoms. The lowest BCUT2D eigenvalue weighted by Crippen LogP contribution is -2.54. The van der Waals surface area contributed by atoms with Crippen LogP contribution in [-0.2, 0) is 15.0 Å². The summed E-state index contributed by atoms with van der Waals surface area (Å²) < 4.78 is 26.7. The lowest BCUT2D eigenvalue weighted by atomic mass is 9.93. The van der Waals surface area contributed by atoms with Crippen molar-refractivity contribution in [1.82, 2.24) is 13.5 Å². The van der Waals surface area contributed by atoms with E-state index in [-0.39, 0.29) is 11.8 Å². The van der Waals surface area contributed by atoms with Crippen LogP contribution in [0.5, 0.6) is 0 Å². The Labute approximate surface area is 121 Å². The first-order valence-corrected chi connectivity index (χ1v) is 8.44. The van der Waals surface area contributed by atoms with Crippen LogP contribution >= 0.6 is 0 Å². The average molecular weight is 301 g/mol. The summed E-state index contributed by atoms with van der Waals surface area (Å²) in [5, 5.41) is 0. The van der Waals surface area contributed by atoms with Gasteiger partial charge in [-0.1, -0.05) is 12.2 Å². The first kappa shape index (κ1) is 15.5. The predicted molar refractivity (Wildman–Crippen MR) is 77.2 cm³/mol. The number of allylic oxidation sites excluding steroid dienone is 2. The van der Waals surface area contributed by atoms with Gasteiger partial charge in [0.15, 0.2) is 0 Å². The van der Waals surface area contributed by atoms with E-state index in [9.17, 15) is 13.2 Å². The van der Waals surface area contributed by atoms with E-state index in [1.54, 1.807) is 0 Å². The summed E-state index contributed by atoms with van der Waals surface area (Å²) in [5.41, 5.74) is 0. The van der Waals surface area contributed by atoms with Gasteiger partial charge < -0.3 is 4.90 Å². The molecule has 0 spiro atoms. The Morgan fingerprint density at radius 3 is 2.30 bits per heavy atom. The van der Waals surface area contributed by atoms with Gasteiger partial charge in [-0.3, -0.25) is 4.79 Å². The lowest BCUT2D eigenvalue weighted by molar-refractivity contribution is -0.137. The summed E-state index contributed by atoms with van der Waals surface area (Å²) in [7, 11) is -0.298. The molecule has 1 heterocycles. The van der Waals surface area contributed by atoms with Gasteiger partial charge in [0.2, 0.25) is 5.91 Å². The summed E-state index contributed by atoms with van der Waals surface area (Å²) >= 11 is 0. The molecule has 20 heavy (non-hydrogen) atoms. The Morgan fingerprint density at radius 1 is 1.15 bits per heavy atom. The second kappa shape index (κ2) is 6.24. The van der Waals surface area contributed by atoms with E-state index in [0.717, 1.165) is 19.3 Å². The normalized spacial score (nSPS) is 25.1. The topological polar surface area (TPSA) is 60.9 Å². The number of hydrogen-bond acceptors (Lipinski definition) is 3. The molecule has 0 aromatic carbocycles. The second-order valence-corrected chi connectivity index (χ2v) is 7.64. The van der Waals surface area contributed by atoms with E-state index in [0.29, 0.717) is 26.2 Å². The summed E-state index contributed by atoms with van der Waals surface area (Å²) in [6.45, 7) is 1.75. The number of nitrogens with zero attached hydrogens (tertiary/aromatic N) is 3. The zero-order valence-corrected chi connectivity index (χ0v) is 13.0. The van der Waals surface area contributed by atoms with E-state index >= 15 is 0 Å². The molecule has 1 saturated heterocycles. The largest absolute Gasteiger partial charge is 0.340 e. The van der Waals surface area contributed by atoms with Crippen LogP contribution < -0.4 is 0 Å². The molecule has 2 aliphatic rings. The van der Waals surface area contributed by atoms with Crippen molar-refractivity contribution in [2.45, 2.75) is 19.3 Å². The van der Waals surface area contributed by atoms with Crippen LogP contribution in [0.2, 0.25) is 0 Å². The maximum absolute atomic E-state index is 12.4. The van der Waals surface area contributed by atoms with Gasteiger partial charge >= 0.3 is 0 Å². The molecule has 1 amide bonds. The number of amides is 1. The molecule has 1 fully saturated rings. The maximum atomic E-state index is 12.4. The molecule has 1 atom stereocenters. The number of hydrogen-bond donors (Lipinski definition) is 0. The van der Waals surface area contributed by atoms with E-state index < -0.39 is 10.2 Å². The Hall–Kier alpha value is -0.920.